The maximum absolute atomic E-state index is 14.6. The van der Waals surface area contributed by atoms with E-state index in [1.54, 1.807) is 25.1 Å². The molecular weight excluding hydrogens is 425 g/mol. The lowest BCUT2D eigenvalue weighted by Crippen LogP contribution is -2.44. The Morgan fingerprint density at radius 3 is 2.53 bits per heavy atom. The number of halogens is 3. The van der Waals surface area contributed by atoms with Crippen molar-refractivity contribution in [1.29, 1.82) is 0 Å². The molecule has 10 heteroatoms. The number of ether oxygens (including phenoxy) is 1. The van der Waals surface area contributed by atoms with Crippen molar-refractivity contribution in [3.63, 3.8) is 0 Å². The van der Waals surface area contributed by atoms with Crippen molar-refractivity contribution in [2.75, 3.05) is 0 Å². The predicted octanol–water partition coefficient (Wildman–Crippen LogP) is 3.84. The van der Waals surface area contributed by atoms with Gasteiger partial charge in [-0.05, 0) is 37.3 Å². The van der Waals surface area contributed by atoms with Gasteiger partial charge < -0.3 is 14.4 Å². The molecule has 2 aromatic heterocycles. The second-order valence-electron chi connectivity index (χ2n) is 7.28. The summed E-state index contributed by atoms with van der Waals surface area (Å²) in [5.74, 6) is -1.70. The van der Waals surface area contributed by atoms with Gasteiger partial charge in [-0.2, -0.15) is 5.10 Å². The second kappa shape index (κ2) is 8.93. The van der Waals surface area contributed by atoms with Gasteiger partial charge >= 0.3 is 0 Å². The third-order valence-corrected chi connectivity index (χ3v) is 5.11. The SMILES string of the molecule is C[C@@H](OCc1cc(-c2ccc(F)cc2)no1)C(O)(Cn1cncn1)c1ccc(F)cc1F. The first-order valence-corrected chi connectivity index (χ1v) is 9.68. The van der Waals surface area contributed by atoms with E-state index < -0.39 is 23.3 Å². The predicted molar refractivity (Wildman–Crippen MR) is 106 cm³/mol. The van der Waals surface area contributed by atoms with Crippen molar-refractivity contribution < 1.29 is 27.5 Å². The molecular formula is C22H19F3N4O3. The van der Waals surface area contributed by atoms with E-state index in [1.165, 1.54) is 35.5 Å². The molecule has 0 saturated carbocycles. The van der Waals surface area contributed by atoms with Gasteiger partial charge in [-0.25, -0.2) is 22.8 Å². The molecule has 2 heterocycles. The normalized spacial score (nSPS) is 14.3. The molecule has 1 N–H and O–H groups in total. The Morgan fingerprint density at radius 2 is 1.84 bits per heavy atom. The minimum absolute atomic E-state index is 0.0855. The van der Waals surface area contributed by atoms with E-state index in [4.69, 9.17) is 9.26 Å². The van der Waals surface area contributed by atoms with E-state index in [2.05, 4.69) is 15.2 Å². The average Bonchev–Trinajstić information content (AvgIpc) is 3.44. The lowest BCUT2D eigenvalue weighted by molar-refractivity contribution is -0.126. The summed E-state index contributed by atoms with van der Waals surface area (Å²) in [6, 6.07) is 10.3. The summed E-state index contributed by atoms with van der Waals surface area (Å²) < 4.78 is 53.5. The Bertz CT molecular complexity index is 1180. The van der Waals surface area contributed by atoms with Gasteiger partial charge in [-0.15, -0.1) is 0 Å². The van der Waals surface area contributed by atoms with Crippen LogP contribution in [0.15, 0.2) is 65.7 Å². The highest BCUT2D eigenvalue weighted by Gasteiger charge is 2.40. The summed E-state index contributed by atoms with van der Waals surface area (Å²) in [6.45, 7) is 1.28. The molecule has 2 aromatic carbocycles. The highest BCUT2D eigenvalue weighted by Crippen LogP contribution is 2.32. The molecule has 0 aliphatic carbocycles. The Morgan fingerprint density at radius 1 is 1.09 bits per heavy atom. The summed E-state index contributed by atoms with van der Waals surface area (Å²) in [5.41, 5.74) is -0.902. The molecule has 0 saturated heterocycles. The van der Waals surface area contributed by atoms with Crippen molar-refractivity contribution in [2.45, 2.75) is 31.8 Å². The number of rotatable bonds is 8. The minimum Gasteiger partial charge on any atom is -0.380 e. The van der Waals surface area contributed by atoms with Crippen molar-refractivity contribution in [2.24, 2.45) is 0 Å². The maximum atomic E-state index is 14.6. The van der Waals surface area contributed by atoms with Gasteiger partial charge in [-0.3, -0.25) is 0 Å². The largest absolute Gasteiger partial charge is 0.380 e. The Kier molecular flexibility index (Phi) is 6.06. The number of aromatic nitrogens is 4. The molecule has 0 bridgehead atoms. The quantitative estimate of drug-likeness (QED) is 0.444. The fraction of sp³-hybridized carbons (Fsp3) is 0.227. The molecule has 0 fully saturated rings. The molecule has 7 nitrogen and oxygen atoms in total. The minimum atomic E-state index is -1.90. The first-order chi connectivity index (χ1) is 15.3. The Labute approximate surface area is 181 Å². The molecule has 32 heavy (non-hydrogen) atoms. The number of benzene rings is 2. The number of hydrogen-bond donors (Lipinski definition) is 1. The summed E-state index contributed by atoms with van der Waals surface area (Å²) in [5, 5.41) is 19.3. The zero-order valence-electron chi connectivity index (χ0n) is 17.0. The third kappa shape index (κ3) is 4.56. The van der Waals surface area contributed by atoms with Crippen LogP contribution in [-0.2, 0) is 23.5 Å². The summed E-state index contributed by atoms with van der Waals surface area (Å²) in [7, 11) is 0. The van der Waals surface area contributed by atoms with Crippen LogP contribution in [0.1, 0.15) is 18.2 Å². The molecule has 1 unspecified atom stereocenters. The van der Waals surface area contributed by atoms with Gasteiger partial charge in [0.1, 0.15) is 48.0 Å². The highest BCUT2D eigenvalue weighted by atomic mass is 19.1. The van der Waals surface area contributed by atoms with Gasteiger partial charge in [0, 0.05) is 23.3 Å². The van der Waals surface area contributed by atoms with Gasteiger partial charge in [0.05, 0.1) is 12.6 Å². The second-order valence-corrected chi connectivity index (χ2v) is 7.28. The van der Waals surface area contributed by atoms with Crippen LogP contribution in [0, 0.1) is 17.5 Å². The monoisotopic (exact) mass is 444 g/mol. The highest BCUT2D eigenvalue weighted by molar-refractivity contribution is 5.58. The van der Waals surface area contributed by atoms with E-state index in [1.807, 2.05) is 0 Å². The molecule has 4 aromatic rings. The first-order valence-electron chi connectivity index (χ1n) is 9.68. The van der Waals surface area contributed by atoms with Gasteiger partial charge in [-0.1, -0.05) is 11.2 Å². The smallest absolute Gasteiger partial charge is 0.163 e. The van der Waals surface area contributed by atoms with Crippen LogP contribution in [0.3, 0.4) is 0 Å². The zero-order chi connectivity index (χ0) is 22.7. The van der Waals surface area contributed by atoms with Crippen molar-refractivity contribution in [1.82, 2.24) is 19.9 Å². The van der Waals surface area contributed by atoms with Gasteiger partial charge in [0.15, 0.2) is 5.76 Å². The maximum Gasteiger partial charge on any atom is 0.163 e. The van der Waals surface area contributed by atoms with E-state index >= 15 is 0 Å². The van der Waals surface area contributed by atoms with E-state index in [0.29, 0.717) is 23.1 Å². The summed E-state index contributed by atoms with van der Waals surface area (Å²) >= 11 is 0. The van der Waals surface area contributed by atoms with Gasteiger partial charge in [0.25, 0.3) is 0 Å². The van der Waals surface area contributed by atoms with Crippen molar-refractivity contribution in [3.8, 4) is 11.3 Å². The van der Waals surface area contributed by atoms with E-state index in [0.717, 1.165) is 6.07 Å². The summed E-state index contributed by atoms with van der Waals surface area (Å²) in [4.78, 5) is 3.83. The molecule has 166 valence electrons. The van der Waals surface area contributed by atoms with Crippen LogP contribution in [0.2, 0.25) is 0 Å². The molecule has 0 spiro atoms. The standard InChI is InChI=1S/C22H19F3N4O3/c1-14(31-10-18-9-21(28-32-18)15-2-4-16(23)5-3-15)22(30,11-29-13-26-12-27-29)19-7-6-17(24)8-20(19)25/h2-9,12-14,30H,10-11H2,1H3/t14-,22?/m1/s1. The van der Waals surface area contributed by atoms with Gasteiger partial charge in [0.2, 0.25) is 0 Å². The lowest BCUT2D eigenvalue weighted by atomic mass is 9.88. The zero-order valence-corrected chi connectivity index (χ0v) is 17.0. The van der Waals surface area contributed by atoms with E-state index in [9.17, 15) is 18.3 Å². The van der Waals surface area contributed by atoms with Crippen molar-refractivity contribution >= 4 is 0 Å². The third-order valence-electron chi connectivity index (χ3n) is 5.11. The Hall–Kier alpha value is -3.50. The molecule has 0 radical (unpaired) electrons. The molecule has 4 rings (SSSR count). The van der Waals surface area contributed by atoms with Crippen molar-refractivity contribution in [3.05, 3.63) is 90.0 Å². The van der Waals surface area contributed by atoms with Crippen LogP contribution in [0.4, 0.5) is 13.2 Å². The van der Waals surface area contributed by atoms with Crippen LogP contribution < -0.4 is 0 Å². The van der Waals surface area contributed by atoms with Crippen LogP contribution in [0.5, 0.6) is 0 Å². The molecule has 0 aliphatic rings. The molecule has 0 aliphatic heterocycles. The van der Waals surface area contributed by atoms with E-state index in [-0.39, 0.29) is 24.5 Å². The number of nitrogens with zero attached hydrogens (tertiary/aromatic N) is 4. The fourth-order valence-corrected chi connectivity index (χ4v) is 3.32. The summed E-state index contributed by atoms with van der Waals surface area (Å²) in [6.07, 6.45) is 1.68. The number of aliphatic hydroxyl groups is 1. The fourth-order valence-electron chi connectivity index (χ4n) is 3.32. The first kappa shape index (κ1) is 21.7. The van der Waals surface area contributed by atoms with Crippen LogP contribution in [0.25, 0.3) is 11.3 Å². The molecule has 2 atom stereocenters. The van der Waals surface area contributed by atoms with Crippen LogP contribution in [-0.4, -0.2) is 31.1 Å². The lowest BCUT2D eigenvalue weighted by Gasteiger charge is -2.34. The Balaban J connectivity index is 1.54. The topological polar surface area (TPSA) is 86.2 Å². The average molecular weight is 444 g/mol. The van der Waals surface area contributed by atoms with Crippen LogP contribution >= 0.6 is 0 Å². The number of hydrogen-bond acceptors (Lipinski definition) is 6. The molecule has 0 amide bonds.